The lowest BCUT2D eigenvalue weighted by molar-refractivity contribution is -0.140. The van der Waals surface area contributed by atoms with Crippen LogP contribution in [0.2, 0.25) is 0 Å². The van der Waals surface area contributed by atoms with Gasteiger partial charge in [-0.3, -0.25) is 4.79 Å². The SMILES string of the molecule is CC(C(=O)N(Cc1ccccc1)C(C)c1ccccc1)C1CNC1. The van der Waals surface area contributed by atoms with Crippen LogP contribution < -0.4 is 5.32 Å². The maximum Gasteiger partial charge on any atom is 0.226 e. The molecular weight excluding hydrogens is 296 g/mol. The van der Waals surface area contributed by atoms with Gasteiger partial charge in [0.2, 0.25) is 5.91 Å². The number of benzene rings is 2. The zero-order chi connectivity index (χ0) is 16.9. The van der Waals surface area contributed by atoms with E-state index in [4.69, 9.17) is 0 Å². The summed E-state index contributed by atoms with van der Waals surface area (Å²) in [6.45, 7) is 6.75. The second-order valence-electron chi connectivity index (χ2n) is 6.75. The van der Waals surface area contributed by atoms with Gasteiger partial charge in [0.05, 0.1) is 6.04 Å². The van der Waals surface area contributed by atoms with Crippen molar-refractivity contribution in [2.45, 2.75) is 26.4 Å². The van der Waals surface area contributed by atoms with E-state index in [0.29, 0.717) is 12.5 Å². The number of nitrogens with one attached hydrogen (secondary N) is 1. The summed E-state index contributed by atoms with van der Waals surface area (Å²) in [4.78, 5) is 15.2. The van der Waals surface area contributed by atoms with Gasteiger partial charge in [-0.05, 0) is 37.1 Å². The average Bonchev–Trinajstić information content (AvgIpc) is 2.58. The Morgan fingerprint density at radius 2 is 1.62 bits per heavy atom. The van der Waals surface area contributed by atoms with Gasteiger partial charge in [-0.1, -0.05) is 67.6 Å². The third kappa shape index (κ3) is 3.68. The summed E-state index contributed by atoms with van der Waals surface area (Å²) in [6.07, 6.45) is 0. The molecule has 3 nitrogen and oxygen atoms in total. The van der Waals surface area contributed by atoms with Gasteiger partial charge in [-0.2, -0.15) is 0 Å². The summed E-state index contributed by atoms with van der Waals surface area (Å²) in [6, 6.07) is 20.6. The number of carbonyl (C=O) groups excluding carboxylic acids is 1. The quantitative estimate of drug-likeness (QED) is 0.881. The van der Waals surface area contributed by atoms with Crippen LogP contribution in [0.15, 0.2) is 60.7 Å². The topological polar surface area (TPSA) is 32.3 Å². The Hall–Kier alpha value is -2.13. The number of nitrogens with zero attached hydrogens (tertiary/aromatic N) is 1. The lowest BCUT2D eigenvalue weighted by Crippen LogP contribution is -2.50. The summed E-state index contributed by atoms with van der Waals surface area (Å²) in [7, 11) is 0. The standard InChI is InChI=1S/C21H26N2O/c1-16(20-13-22-14-20)21(24)23(15-18-9-5-3-6-10-18)17(2)19-11-7-4-8-12-19/h3-12,16-17,20,22H,13-15H2,1-2H3. The summed E-state index contributed by atoms with van der Waals surface area (Å²) in [5.41, 5.74) is 2.35. The van der Waals surface area contributed by atoms with Gasteiger partial charge in [0.15, 0.2) is 0 Å². The number of hydrogen-bond donors (Lipinski definition) is 1. The predicted molar refractivity (Wildman–Crippen MR) is 97.4 cm³/mol. The van der Waals surface area contributed by atoms with E-state index in [-0.39, 0.29) is 17.9 Å². The molecule has 0 spiro atoms. The lowest BCUT2D eigenvalue weighted by Gasteiger charge is -2.37. The van der Waals surface area contributed by atoms with Crippen molar-refractivity contribution in [1.82, 2.24) is 10.2 Å². The maximum absolute atomic E-state index is 13.2. The van der Waals surface area contributed by atoms with Gasteiger partial charge in [0, 0.05) is 12.5 Å². The van der Waals surface area contributed by atoms with Gasteiger partial charge < -0.3 is 10.2 Å². The second-order valence-corrected chi connectivity index (χ2v) is 6.75. The van der Waals surface area contributed by atoms with E-state index in [1.807, 2.05) is 41.3 Å². The molecule has 3 rings (SSSR count). The van der Waals surface area contributed by atoms with Crippen LogP contribution in [0, 0.1) is 11.8 Å². The number of rotatable bonds is 6. The molecule has 1 amide bonds. The molecule has 1 aliphatic rings. The minimum atomic E-state index is 0.0566. The van der Waals surface area contributed by atoms with Crippen molar-refractivity contribution in [3.63, 3.8) is 0 Å². The van der Waals surface area contributed by atoms with Crippen LogP contribution >= 0.6 is 0 Å². The Balaban J connectivity index is 1.83. The minimum absolute atomic E-state index is 0.0566. The molecule has 1 aliphatic heterocycles. The molecule has 0 saturated carbocycles. The Morgan fingerprint density at radius 3 is 2.17 bits per heavy atom. The fourth-order valence-corrected chi connectivity index (χ4v) is 3.23. The molecule has 126 valence electrons. The molecule has 0 bridgehead atoms. The van der Waals surface area contributed by atoms with Crippen LogP contribution in [0.1, 0.15) is 31.0 Å². The highest BCUT2D eigenvalue weighted by Gasteiger charge is 2.33. The molecule has 2 aromatic carbocycles. The molecule has 0 radical (unpaired) electrons. The summed E-state index contributed by atoms with van der Waals surface area (Å²) >= 11 is 0. The molecule has 24 heavy (non-hydrogen) atoms. The van der Waals surface area contributed by atoms with Crippen LogP contribution in [0.4, 0.5) is 0 Å². The number of hydrogen-bond acceptors (Lipinski definition) is 2. The fraction of sp³-hybridized carbons (Fsp3) is 0.381. The second kappa shape index (κ2) is 7.63. The molecular formula is C21H26N2O. The van der Waals surface area contributed by atoms with Gasteiger partial charge >= 0.3 is 0 Å². The molecule has 1 N–H and O–H groups in total. The zero-order valence-electron chi connectivity index (χ0n) is 14.5. The molecule has 1 fully saturated rings. The Morgan fingerprint density at radius 1 is 1.04 bits per heavy atom. The first-order valence-corrected chi connectivity index (χ1v) is 8.77. The van der Waals surface area contributed by atoms with Crippen molar-refractivity contribution in [3.05, 3.63) is 71.8 Å². The average molecular weight is 322 g/mol. The molecule has 0 aromatic heterocycles. The van der Waals surface area contributed by atoms with Crippen molar-refractivity contribution >= 4 is 5.91 Å². The van der Waals surface area contributed by atoms with Crippen molar-refractivity contribution in [2.75, 3.05) is 13.1 Å². The van der Waals surface area contributed by atoms with Gasteiger partial charge in [0.1, 0.15) is 0 Å². The van der Waals surface area contributed by atoms with Crippen LogP contribution in [-0.2, 0) is 11.3 Å². The first kappa shape index (κ1) is 16.7. The van der Waals surface area contributed by atoms with Crippen LogP contribution in [0.3, 0.4) is 0 Å². The Labute approximate surface area is 144 Å². The third-order valence-corrected chi connectivity index (χ3v) is 5.14. The maximum atomic E-state index is 13.2. The molecule has 1 saturated heterocycles. The van der Waals surface area contributed by atoms with E-state index in [9.17, 15) is 4.79 Å². The summed E-state index contributed by atoms with van der Waals surface area (Å²) in [5.74, 6) is 0.765. The van der Waals surface area contributed by atoms with Crippen LogP contribution in [-0.4, -0.2) is 23.9 Å². The highest BCUT2D eigenvalue weighted by atomic mass is 16.2. The van der Waals surface area contributed by atoms with Gasteiger partial charge in [-0.15, -0.1) is 0 Å². The highest BCUT2D eigenvalue weighted by Crippen LogP contribution is 2.27. The van der Waals surface area contributed by atoms with E-state index in [2.05, 4.69) is 43.4 Å². The van der Waals surface area contributed by atoms with Crippen molar-refractivity contribution in [2.24, 2.45) is 11.8 Å². The van der Waals surface area contributed by atoms with Crippen molar-refractivity contribution in [3.8, 4) is 0 Å². The molecule has 2 atom stereocenters. The Kier molecular flexibility index (Phi) is 5.31. The van der Waals surface area contributed by atoms with E-state index in [1.54, 1.807) is 0 Å². The van der Waals surface area contributed by atoms with Gasteiger partial charge in [0.25, 0.3) is 0 Å². The normalized spacial score (nSPS) is 16.9. The van der Waals surface area contributed by atoms with Crippen molar-refractivity contribution in [1.29, 1.82) is 0 Å². The highest BCUT2D eigenvalue weighted by molar-refractivity contribution is 5.79. The fourth-order valence-electron chi connectivity index (χ4n) is 3.23. The molecule has 0 aliphatic carbocycles. The zero-order valence-corrected chi connectivity index (χ0v) is 14.5. The molecule has 2 unspecified atom stereocenters. The number of carbonyl (C=O) groups is 1. The Bertz CT molecular complexity index is 652. The third-order valence-electron chi connectivity index (χ3n) is 5.14. The smallest absolute Gasteiger partial charge is 0.226 e. The van der Waals surface area contributed by atoms with Crippen molar-refractivity contribution < 1.29 is 4.79 Å². The van der Waals surface area contributed by atoms with Gasteiger partial charge in [-0.25, -0.2) is 0 Å². The first-order chi connectivity index (χ1) is 11.7. The molecule has 1 heterocycles. The van der Waals surface area contributed by atoms with Crippen LogP contribution in [0.25, 0.3) is 0 Å². The summed E-state index contributed by atoms with van der Waals surface area (Å²) in [5, 5.41) is 3.28. The molecule has 2 aromatic rings. The minimum Gasteiger partial charge on any atom is -0.331 e. The van der Waals surface area contributed by atoms with E-state index < -0.39 is 0 Å². The van der Waals surface area contributed by atoms with E-state index >= 15 is 0 Å². The van der Waals surface area contributed by atoms with E-state index in [0.717, 1.165) is 13.1 Å². The van der Waals surface area contributed by atoms with E-state index in [1.165, 1.54) is 11.1 Å². The van der Waals surface area contributed by atoms with Crippen LogP contribution in [0.5, 0.6) is 0 Å². The number of amides is 1. The molecule has 3 heteroatoms. The largest absolute Gasteiger partial charge is 0.331 e. The monoisotopic (exact) mass is 322 g/mol. The first-order valence-electron chi connectivity index (χ1n) is 8.77. The summed E-state index contributed by atoms with van der Waals surface area (Å²) < 4.78 is 0. The predicted octanol–water partition coefficient (Wildman–Crippen LogP) is 3.63. The lowest BCUT2D eigenvalue weighted by atomic mass is 9.87.